The van der Waals surface area contributed by atoms with E-state index < -0.39 is 16.9 Å². The van der Waals surface area contributed by atoms with Gasteiger partial charge in [-0.05, 0) is 18.6 Å². The third-order valence-electron chi connectivity index (χ3n) is 2.88. The Morgan fingerprint density at radius 1 is 1.39 bits per heavy atom. The molecule has 2 rings (SSSR count). The standard InChI is InChI=1S/C11H11N3O4/c12-11(16)9-5-6-10(15)13(9)7-1-3-8(4-2-7)14(17)18/h1-4,9H,5-6H2,(H2,12,16)/t9-/m0/s1. The van der Waals surface area contributed by atoms with Gasteiger partial charge in [-0.3, -0.25) is 24.6 Å². The van der Waals surface area contributed by atoms with E-state index in [-0.39, 0.29) is 18.0 Å². The molecule has 94 valence electrons. The molecule has 1 aromatic carbocycles. The molecule has 7 heteroatoms. The van der Waals surface area contributed by atoms with Crippen molar-refractivity contribution >= 4 is 23.2 Å². The molecule has 1 aliphatic heterocycles. The zero-order chi connectivity index (χ0) is 13.3. The van der Waals surface area contributed by atoms with E-state index in [0.29, 0.717) is 12.1 Å². The number of hydrogen-bond donors (Lipinski definition) is 1. The predicted molar refractivity (Wildman–Crippen MR) is 62.8 cm³/mol. The number of primary amides is 1. The van der Waals surface area contributed by atoms with Crippen molar-refractivity contribution in [1.82, 2.24) is 0 Å². The molecule has 1 fully saturated rings. The number of carbonyl (C=O) groups is 2. The van der Waals surface area contributed by atoms with Crippen LogP contribution in [0.25, 0.3) is 0 Å². The molecular weight excluding hydrogens is 238 g/mol. The molecule has 1 heterocycles. The first-order valence-electron chi connectivity index (χ1n) is 5.36. The number of nitrogens with zero attached hydrogens (tertiary/aromatic N) is 2. The fourth-order valence-electron chi connectivity index (χ4n) is 2.01. The van der Waals surface area contributed by atoms with Crippen molar-refractivity contribution in [3.05, 3.63) is 34.4 Å². The molecule has 1 saturated heterocycles. The summed E-state index contributed by atoms with van der Waals surface area (Å²) in [7, 11) is 0. The van der Waals surface area contributed by atoms with Crippen LogP contribution < -0.4 is 10.6 Å². The van der Waals surface area contributed by atoms with Gasteiger partial charge in [0, 0.05) is 24.2 Å². The van der Waals surface area contributed by atoms with Gasteiger partial charge in [-0.25, -0.2) is 0 Å². The lowest BCUT2D eigenvalue weighted by molar-refractivity contribution is -0.384. The summed E-state index contributed by atoms with van der Waals surface area (Å²) >= 11 is 0. The molecule has 0 saturated carbocycles. The van der Waals surface area contributed by atoms with Gasteiger partial charge in [0.2, 0.25) is 11.8 Å². The number of amides is 2. The number of hydrogen-bond acceptors (Lipinski definition) is 4. The third-order valence-corrected chi connectivity index (χ3v) is 2.88. The zero-order valence-electron chi connectivity index (χ0n) is 9.41. The first-order chi connectivity index (χ1) is 8.50. The van der Waals surface area contributed by atoms with Crippen LogP contribution in [0.5, 0.6) is 0 Å². The van der Waals surface area contributed by atoms with Gasteiger partial charge in [0.15, 0.2) is 0 Å². The molecule has 0 aromatic heterocycles. The highest BCUT2D eigenvalue weighted by atomic mass is 16.6. The smallest absolute Gasteiger partial charge is 0.269 e. The summed E-state index contributed by atoms with van der Waals surface area (Å²) in [5.74, 6) is -0.771. The van der Waals surface area contributed by atoms with Crippen molar-refractivity contribution in [3.63, 3.8) is 0 Å². The molecule has 7 nitrogen and oxygen atoms in total. The van der Waals surface area contributed by atoms with Crippen LogP contribution in [0.4, 0.5) is 11.4 Å². The molecule has 0 spiro atoms. The summed E-state index contributed by atoms with van der Waals surface area (Å²) in [5.41, 5.74) is 5.61. The van der Waals surface area contributed by atoms with Crippen LogP contribution in [0.2, 0.25) is 0 Å². The zero-order valence-corrected chi connectivity index (χ0v) is 9.41. The van der Waals surface area contributed by atoms with Crippen LogP contribution in [0.15, 0.2) is 24.3 Å². The van der Waals surface area contributed by atoms with E-state index in [2.05, 4.69) is 0 Å². The number of nitro groups is 1. The van der Waals surface area contributed by atoms with Crippen molar-refractivity contribution < 1.29 is 14.5 Å². The third kappa shape index (κ3) is 2.02. The summed E-state index contributed by atoms with van der Waals surface area (Å²) in [4.78, 5) is 34.2. The summed E-state index contributed by atoms with van der Waals surface area (Å²) in [6.07, 6.45) is 0.635. The molecule has 0 radical (unpaired) electrons. The molecular formula is C11H11N3O4. The van der Waals surface area contributed by atoms with Crippen molar-refractivity contribution in [2.75, 3.05) is 4.90 Å². The quantitative estimate of drug-likeness (QED) is 0.624. The number of benzene rings is 1. The van der Waals surface area contributed by atoms with Gasteiger partial charge < -0.3 is 5.73 Å². The highest BCUT2D eigenvalue weighted by Gasteiger charge is 2.35. The first-order valence-corrected chi connectivity index (χ1v) is 5.36. The van der Waals surface area contributed by atoms with E-state index in [9.17, 15) is 19.7 Å². The number of carbonyl (C=O) groups excluding carboxylic acids is 2. The normalized spacial score (nSPS) is 19.0. The summed E-state index contributed by atoms with van der Waals surface area (Å²) in [6.45, 7) is 0. The van der Waals surface area contributed by atoms with E-state index in [4.69, 9.17) is 5.73 Å². The Kier molecular flexibility index (Phi) is 2.97. The van der Waals surface area contributed by atoms with Crippen LogP contribution in [0.3, 0.4) is 0 Å². The Morgan fingerprint density at radius 2 is 2.00 bits per heavy atom. The maximum Gasteiger partial charge on any atom is 0.269 e. The number of nitrogens with two attached hydrogens (primary N) is 1. The topological polar surface area (TPSA) is 107 Å². The summed E-state index contributed by atoms with van der Waals surface area (Å²) < 4.78 is 0. The minimum Gasteiger partial charge on any atom is -0.368 e. The van der Waals surface area contributed by atoms with Crippen molar-refractivity contribution in [2.45, 2.75) is 18.9 Å². The average Bonchev–Trinajstić information content (AvgIpc) is 2.71. The molecule has 1 atom stereocenters. The largest absolute Gasteiger partial charge is 0.368 e. The van der Waals surface area contributed by atoms with E-state index in [1.54, 1.807) is 0 Å². The summed E-state index contributed by atoms with van der Waals surface area (Å²) in [5, 5.41) is 10.5. The van der Waals surface area contributed by atoms with E-state index in [1.807, 2.05) is 0 Å². The van der Waals surface area contributed by atoms with E-state index in [1.165, 1.54) is 29.2 Å². The first kappa shape index (κ1) is 12.0. The van der Waals surface area contributed by atoms with E-state index >= 15 is 0 Å². The molecule has 18 heavy (non-hydrogen) atoms. The van der Waals surface area contributed by atoms with Gasteiger partial charge >= 0.3 is 0 Å². The Balaban J connectivity index is 2.32. The molecule has 1 aromatic rings. The van der Waals surface area contributed by atoms with Crippen LogP contribution in [-0.4, -0.2) is 22.8 Å². The maximum absolute atomic E-state index is 11.7. The van der Waals surface area contributed by atoms with Gasteiger partial charge in [0.25, 0.3) is 5.69 Å². The Morgan fingerprint density at radius 3 is 2.50 bits per heavy atom. The molecule has 0 unspecified atom stereocenters. The van der Waals surface area contributed by atoms with E-state index in [0.717, 1.165) is 0 Å². The minimum absolute atomic E-state index is 0.0685. The SMILES string of the molecule is NC(=O)[C@@H]1CCC(=O)N1c1ccc([N+](=O)[O-])cc1. The second-order valence-corrected chi connectivity index (χ2v) is 3.99. The van der Waals surface area contributed by atoms with Crippen LogP contribution in [-0.2, 0) is 9.59 Å². The number of rotatable bonds is 3. The maximum atomic E-state index is 11.7. The van der Waals surface area contributed by atoms with Gasteiger partial charge in [-0.15, -0.1) is 0 Å². The number of non-ortho nitro benzene ring substituents is 1. The number of nitro benzene ring substituents is 1. The van der Waals surface area contributed by atoms with Gasteiger partial charge in [-0.1, -0.05) is 0 Å². The number of anilines is 1. The molecule has 0 bridgehead atoms. The lowest BCUT2D eigenvalue weighted by atomic mass is 10.2. The van der Waals surface area contributed by atoms with Crippen LogP contribution in [0.1, 0.15) is 12.8 Å². The molecule has 2 N–H and O–H groups in total. The second-order valence-electron chi connectivity index (χ2n) is 3.99. The monoisotopic (exact) mass is 249 g/mol. The van der Waals surface area contributed by atoms with Gasteiger partial charge in [-0.2, -0.15) is 0 Å². The second kappa shape index (κ2) is 4.44. The highest BCUT2D eigenvalue weighted by molar-refractivity contribution is 6.03. The fourth-order valence-corrected chi connectivity index (χ4v) is 2.01. The molecule has 2 amide bonds. The van der Waals surface area contributed by atoms with Crippen molar-refractivity contribution in [1.29, 1.82) is 0 Å². The fraction of sp³-hybridized carbons (Fsp3) is 0.273. The van der Waals surface area contributed by atoms with Gasteiger partial charge in [0.05, 0.1) is 4.92 Å². The molecule has 1 aliphatic rings. The average molecular weight is 249 g/mol. The van der Waals surface area contributed by atoms with Crippen molar-refractivity contribution in [2.24, 2.45) is 5.73 Å². The predicted octanol–water partition coefficient (Wildman–Crippen LogP) is 0.575. The Bertz CT molecular complexity index is 512. The lowest BCUT2D eigenvalue weighted by Gasteiger charge is -2.22. The van der Waals surface area contributed by atoms with Crippen LogP contribution >= 0.6 is 0 Å². The Hall–Kier alpha value is -2.44. The van der Waals surface area contributed by atoms with Crippen molar-refractivity contribution in [3.8, 4) is 0 Å². The minimum atomic E-state index is -0.668. The molecule has 0 aliphatic carbocycles. The lowest BCUT2D eigenvalue weighted by Crippen LogP contribution is -2.42. The highest BCUT2D eigenvalue weighted by Crippen LogP contribution is 2.27. The Labute approximate surface area is 102 Å². The van der Waals surface area contributed by atoms with Crippen LogP contribution in [0, 0.1) is 10.1 Å². The van der Waals surface area contributed by atoms with Gasteiger partial charge in [0.1, 0.15) is 6.04 Å². The summed E-state index contributed by atoms with van der Waals surface area (Å²) in [6, 6.07) is 4.80.